The van der Waals surface area contributed by atoms with Crippen molar-refractivity contribution >= 4 is 17.9 Å². The molecule has 0 amide bonds. The van der Waals surface area contributed by atoms with Crippen LogP contribution in [0.25, 0.3) is 0 Å². The number of carbonyl (C=O) groups is 3. The Balaban J connectivity index is 1.71. The van der Waals surface area contributed by atoms with Crippen molar-refractivity contribution in [2.45, 2.75) is 76.0 Å². The van der Waals surface area contributed by atoms with Gasteiger partial charge in [0.25, 0.3) is 0 Å². The summed E-state index contributed by atoms with van der Waals surface area (Å²) in [5.41, 5.74) is -7.95. The van der Waals surface area contributed by atoms with Gasteiger partial charge in [0.1, 0.15) is 12.2 Å². The maximum atomic E-state index is 13.4. The molecule has 4 aliphatic heterocycles. The summed E-state index contributed by atoms with van der Waals surface area (Å²) in [5, 5.41) is 34.4. The number of hydrogen-bond donors (Lipinski definition) is 3. The van der Waals surface area contributed by atoms with Crippen LogP contribution in [0.5, 0.6) is 0 Å². The molecular weight excluding hydrogens is 400 g/mol. The fourth-order valence-electron chi connectivity index (χ4n) is 8.22. The van der Waals surface area contributed by atoms with Crippen LogP contribution in [-0.4, -0.2) is 75.1 Å². The number of carbonyl (C=O) groups excluding carboxylic acids is 3. The minimum absolute atomic E-state index is 0.107. The van der Waals surface area contributed by atoms with E-state index in [0.717, 1.165) is 0 Å². The first kappa shape index (κ1) is 19.0. The van der Waals surface area contributed by atoms with Crippen molar-refractivity contribution in [3.05, 3.63) is 0 Å². The first-order chi connectivity index (χ1) is 13.8. The van der Waals surface area contributed by atoms with Gasteiger partial charge in [0.05, 0.1) is 22.9 Å². The average molecular weight is 424 g/mol. The van der Waals surface area contributed by atoms with Crippen molar-refractivity contribution < 1.29 is 48.7 Å². The largest absolute Gasteiger partial charge is 0.459 e. The Hall–Kier alpha value is -1.75. The fourth-order valence-corrected chi connectivity index (χ4v) is 8.22. The lowest BCUT2D eigenvalue weighted by molar-refractivity contribution is -0.239. The Morgan fingerprint density at radius 2 is 1.70 bits per heavy atom. The molecule has 6 fully saturated rings. The molecule has 0 aromatic carbocycles. The molecule has 6 aliphatic rings. The molecular formula is C20H24O10. The third-order valence-electron chi connectivity index (χ3n) is 8.91. The van der Waals surface area contributed by atoms with Crippen LogP contribution in [0.1, 0.15) is 34.1 Å². The summed E-state index contributed by atoms with van der Waals surface area (Å²) in [6.45, 7) is 6.97. The van der Waals surface area contributed by atoms with Gasteiger partial charge < -0.3 is 34.3 Å². The minimum atomic E-state index is -2.12. The molecule has 6 rings (SSSR count). The molecule has 10 heteroatoms. The summed E-state index contributed by atoms with van der Waals surface area (Å²) in [4.78, 5) is 38.2. The van der Waals surface area contributed by atoms with Crippen LogP contribution in [0.2, 0.25) is 0 Å². The summed E-state index contributed by atoms with van der Waals surface area (Å²) in [6.07, 6.45) is -6.73. The predicted octanol–water partition coefficient (Wildman–Crippen LogP) is -1.37. The Labute approximate surface area is 171 Å². The second-order valence-corrected chi connectivity index (χ2v) is 10.7. The Morgan fingerprint density at radius 1 is 1.03 bits per heavy atom. The highest BCUT2D eigenvalue weighted by molar-refractivity contribution is 5.93. The Kier molecular flexibility index (Phi) is 2.97. The molecule has 0 aromatic heterocycles. The smallest absolute Gasteiger partial charge is 0.342 e. The number of fused-ring (bicyclic) bond motifs is 1. The molecule has 11 atom stereocenters. The molecule has 0 radical (unpaired) electrons. The van der Waals surface area contributed by atoms with E-state index in [1.54, 1.807) is 0 Å². The zero-order valence-corrected chi connectivity index (χ0v) is 16.9. The highest BCUT2D eigenvalue weighted by atomic mass is 16.8. The van der Waals surface area contributed by atoms with Gasteiger partial charge >= 0.3 is 17.9 Å². The van der Waals surface area contributed by atoms with Crippen molar-refractivity contribution in [1.29, 1.82) is 0 Å². The molecule has 3 N–H and O–H groups in total. The molecule has 30 heavy (non-hydrogen) atoms. The van der Waals surface area contributed by atoms with E-state index in [-0.39, 0.29) is 6.42 Å². The van der Waals surface area contributed by atoms with Gasteiger partial charge in [0.15, 0.2) is 11.7 Å². The van der Waals surface area contributed by atoms with Crippen molar-refractivity contribution in [2.75, 3.05) is 0 Å². The lowest BCUT2D eigenvalue weighted by Crippen LogP contribution is -2.66. The standard InChI is InChI=1S/C20H24O10/c1-6-12(23)27-7-5-17-11-8(21)9(16(2,3)4)18(17)10(22)13(24)29-15(18)30-20(17,14(25)28-11)19(6,7)26/h6-11,15,21-22,26H,5H2,1-4H3/t6-,7?,8-,9+,10+,11?,15+,17?,18?,19-,20-/m1/s1. The highest BCUT2D eigenvalue weighted by Gasteiger charge is 3.02. The van der Waals surface area contributed by atoms with Crippen LogP contribution >= 0.6 is 0 Å². The quantitative estimate of drug-likeness (QED) is 0.314. The monoisotopic (exact) mass is 424 g/mol. The first-order valence-corrected chi connectivity index (χ1v) is 10.2. The maximum absolute atomic E-state index is 13.4. The van der Waals surface area contributed by atoms with Crippen LogP contribution in [0, 0.1) is 28.1 Å². The van der Waals surface area contributed by atoms with Gasteiger partial charge in [0.2, 0.25) is 11.9 Å². The van der Waals surface area contributed by atoms with Crippen LogP contribution in [-0.2, 0) is 33.3 Å². The number of esters is 3. The van der Waals surface area contributed by atoms with E-state index < -0.39 is 87.9 Å². The number of rotatable bonds is 0. The predicted molar refractivity (Wildman–Crippen MR) is 92.0 cm³/mol. The first-order valence-electron chi connectivity index (χ1n) is 10.2. The second-order valence-electron chi connectivity index (χ2n) is 10.7. The molecule has 4 unspecified atom stereocenters. The lowest BCUT2D eigenvalue weighted by atomic mass is 9.51. The van der Waals surface area contributed by atoms with Gasteiger partial charge in [-0.3, -0.25) is 4.79 Å². The van der Waals surface area contributed by atoms with Gasteiger partial charge in [-0.05, 0) is 12.3 Å². The summed E-state index contributed by atoms with van der Waals surface area (Å²) in [7, 11) is 0. The van der Waals surface area contributed by atoms with E-state index in [1.165, 1.54) is 6.92 Å². The molecule has 4 saturated heterocycles. The van der Waals surface area contributed by atoms with Gasteiger partial charge in [0, 0.05) is 12.3 Å². The molecule has 2 aliphatic carbocycles. The number of aliphatic hydroxyl groups is 3. The zero-order chi connectivity index (χ0) is 21.8. The normalized spacial score (nSPS) is 60.1. The second kappa shape index (κ2) is 4.69. The van der Waals surface area contributed by atoms with Gasteiger partial charge in [-0.15, -0.1) is 0 Å². The van der Waals surface area contributed by atoms with Crippen LogP contribution in [0.15, 0.2) is 0 Å². The van der Waals surface area contributed by atoms with Gasteiger partial charge in [-0.25, -0.2) is 9.59 Å². The number of ether oxygens (including phenoxy) is 4. The van der Waals surface area contributed by atoms with Crippen LogP contribution in [0.4, 0.5) is 0 Å². The summed E-state index contributed by atoms with van der Waals surface area (Å²) in [5.74, 6) is -4.43. The molecule has 0 aromatic rings. The van der Waals surface area contributed by atoms with Crippen LogP contribution < -0.4 is 0 Å². The number of hydrogen-bond acceptors (Lipinski definition) is 10. The summed E-state index contributed by atoms with van der Waals surface area (Å²) < 4.78 is 22.6. The van der Waals surface area contributed by atoms with Crippen LogP contribution in [0.3, 0.4) is 0 Å². The maximum Gasteiger partial charge on any atom is 0.342 e. The van der Waals surface area contributed by atoms with Crippen molar-refractivity contribution in [3.8, 4) is 0 Å². The van der Waals surface area contributed by atoms with E-state index in [1.807, 2.05) is 20.8 Å². The van der Waals surface area contributed by atoms with Gasteiger partial charge in [-0.2, -0.15) is 0 Å². The lowest BCUT2D eigenvalue weighted by Gasteiger charge is -2.46. The highest BCUT2D eigenvalue weighted by Crippen LogP contribution is 2.84. The van der Waals surface area contributed by atoms with Gasteiger partial charge in [-0.1, -0.05) is 20.8 Å². The summed E-state index contributed by atoms with van der Waals surface area (Å²) in [6, 6.07) is 0. The molecule has 164 valence electrons. The number of aliphatic hydroxyl groups excluding tert-OH is 2. The molecule has 0 bridgehead atoms. The van der Waals surface area contributed by atoms with E-state index in [9.17, 15) is 29.7 Å². The molecule has 10 nitrogen and oxygen atoms in total. The summed E-state index contributed by atoms with van der Waals surface area (Å²) >= 11 is 0. The molecule has 2 spiro atoms. The topological polar surface area (TPSA) is 149 Å². The van der Waals surface area contributed by atoms with E-state index >= 15 is 0 Å². The van der Waals surface area contributed by atoms with E-state index in [2.05, 4.69) is 0 Å². The molecule has 2 saturated carbocycles. The van der Waals surface area contributed by atoms with Crippen molar-refractivity contribution in [3.63, 3.8) is 0 Å². The minimum Gasteiger partial charge on any atom is -0.459 e. The fraction of sp³-hybridized carbons (Fsp3) is 0.850. The van der Waals surface area contributed by atoms with Crippen molar-refractivity contribution in [1.82, 2.24) is 0 Å². The Bertz CT molecular complexity index is 925. The van der Waals surface area contributed by atoms with E-state index in [0.29, 0.717) is 0 Å². The third kappa shape index (κ3) is 1.35. The third-order valence-corrected chi connectivity index (χ3v) is 8.91. The SMILES string of the molecule is C[C@@H]1C(=O)OC2CC34C5OC(=O)[C@]3(O[C@@H]3OC(=O)[C@H](O)C34[C@H](C(C)(C)C)[C@H]5O)[C@]21O. The zero-order valence-electron chi connectivity index (χ0n) is 16.9. The van der Waals surface area contributed by atoms with Crippen molar-refractivity contribution in [2.24, 2.45) is 28.1 Å². The van der Waals surface area contributed by atoms with E-state index in [4.69, 9.17) is 18.9 Å². The Morgan fingerprint density at radius 3 is 2.33 bits per heavy atom. The molecule has 4 heterocycles. The average Bonchev–Trinajstić information content (AvgIpc) is 3.32.